The Balaban J connectivity index is 0.000000144. The molecule has 2 saturated heterocycles. The lowest BCUT2D eigenvalue weighted by Gasteiger charge is -2.12. The molecular formula is C23H30ClN11O4. The molecule has 2 aliphatic heterocycles. The molecule has 3 fully saturated rings. The van der Waals surface area contributed by atoms with Crippen molar-refractivity contribution >= 4 is 51.6 Å². The van der Waals surface area contributed by atoms with Crippen molar-refractivity contribution in [3.8, 4) is 0 Å². The third kappa shape index (κ3) is 5.27. The van der Waals surface area contributed by atoms with E-state index in [9.17, 15) is 0 Å². The van der Waals surface area contributed by atoms with E-state index in [1.54, 1.807) is 17.2 Å². The minimum atomic E-state index is -0.259. The molecule has 4 aromatic heterocycles. The molecule has 208 valence electrons. The van der Waals surface area contributed by atoms with E-state index in [1.807, 2.05) is 18.4 Å². The Bertz CT molecular complexity index is 1480. The van der Waals surface area contributed by atoms with Crippen LogP contribution in [0.3, 0.4) is 0 Å². The molecule has 39 heavy (non-hydrogen) atoms. The highest BCUT2D eigenvalue weighted by molar-refractivity contribution is 6.33. The van der Waals surface area contributed by atoms with Crippen LogP contribution in [0.15, 0.2) is 12.7 Å². The minimum absolute atomic E-state index is 0.111. The molecule has 15 nitrogen and oxygen atoms in total. The predicted molar refractivity (Wildman–Crippen MR) is 141 cm³/mol. The van der Waals surface area contributed by atoms with Crippen molar-refractivity contribution in [2.45, 2.75) is 70.6 Å². The zero-order valence-electron chi connectivity index (χ0n) is 21.5. The lowest BCUT2D eigenvalue weighted by molar-refractivity contribution is -0.0718. The van der Waals surface area contributed by atoms with E-state index < -0.39 is 0 Å². The monoisotopic (exact) mass is 559 g/mol. The van der Waals surface area contributed by atoms with Crippen LogP contribution in [-0.2, 0) is 18.9 Å². The summed E-state index contributed by atoms with van der Waals surface area (Å²) in [6, 6.07) is 0.475. The summed E-state index contributed by atoms with van der Waals surface area (Å²) in [6.45, 7) is 4.96. The molecule has 0 radical (unpaired) electrons. The number of hydrogen-bond donors (Lipinski definition) is 3. The zero-order chi connectivity index (χ0) is 27.1. The first-order valence-electron chi connectivity index (χ1n) is 12.9. The molecule has 0 amide bonds. The highest BCUT2D eigenvalue weighted by Crippen LogP contribution is 2.31. The van der Waals surface area contributed by atoms with Crippen LogP contribution >= 0.6 is 11.6 Å². The second kappa shape index (κ2) is 10.7. The summed E-state index contributed by atoms with van der Waals surface area (Å²) in [5.74, 6) is 1.04. The summed E-state index contributed by atoms with van der Waals surface area (Å²) in [6.07, 6.45) is 6.40. The van der Waals surface area contributed by atoms with Gasteiger partial charge in [-0.15, -0.1) is 0 Å². The molecular weight excluding hydrogens is 530 g/mol. The Labute approximate surface area is 228 Å². The summed E-state index contributed by atoms with van der Waals surface area (Å²) < 4.78 is 26.2. The Kier molecular flexibility index (Phi) is 7.07. The topological polar surface area (TPSA) is 188 Å². The number of nitrogens with one attached hydrogen (secondary N) is 1. The van der Waals surface area contributed by atoms with E-state index in [-0.39, 0.29) is 42.1 Å². The summed E-state index contributed by atoms with van der Waals surface area (Å²) in [7, 11) is 0. The van der Waals surface area contributed by atoms with Gasteiger partial charge >= 0.3 is 0 Å². The Hall–Kier alpha value is -3.37. The molecule has 0 spiro atoms. The van der Waals surface area contributed by atoms with Gasteiger partial charge in [-0.1, -0.05) is 25.4 Å². The van der Waals surface area contributed by atoms with Crippen molar-refractivity contribution in [1.82, 2.24) is 39.0 Å². The van der Waals surface area contributed by atoms with Crippen LogP contribution in [0, 0.1) is 0 Å². The second-order valence-electron chi connectivity index (χ2n) is 9.39. The summed E-state index contributed by atoms with van der Waals surface area (Å²) in [5, 5.41) is 3.58. The van der Waals surface area contributed by atoms with Crippen molar-refractivity contribution in [2.24, 2.45) is 0 Å². The van der Waals surface area contributed by atoms with Crippen molar-refractivity contribution in [3.05, 3.63) is 17.8 Å². The lowest BCUT2D eigenvalue weighted by Crippen LogP contribution is -2.13. The fraction of sp³-hybridized carbons (Fsp3) is 0.565. The molecule has 1 aliphatic carbocycles. The zero-order valence-corrected chi connectivity index (χ0v) is 22.3. The van der Waals surface area contributed by atoms with Crippen LogP contribution in [0.25, 0.3) is 22.3 Å². The minimum Gasteiger partial charge on any atom is -0.368 e. The molecule has 3 aliphatic rings. The highest BCUT2D eigenvalue weighted by atomic mass is 35.5. The maximum Gasteiger partial charge on any atom is 0.224 e. The number of anilines is 3. The maximum atomic E-state index is 5.96. The van der Waals surface area contributed by atoms with E-state index in [4.69, 9.17) is 42.0 Å². The van der Waals surface area contributed by atoms with Gasteiger partial charge in [0.2, 0.25) is 11.9 Å². The van der Waals surface area contributed by atoms with E-state index in [1.165, 1.54) is 0 Å². The third-order valence-corrected chi connectivity index (χ3v) is 6.77. The van der Waals surface area contributed by atoms with Gasteiger partial charge in [0, 0.05) is 6.04 Å². The molecule has 4 aromatic rings. The number of hydrogen-bond acceptors (Lipinski definition) is 13. The molecule has 5 N–H and O–H groups in total. The maximum absolute atomic E-state index is 5.96. The molecule has 16 heteroatoms. The van der Waals surface area contributed by atoms with Gasteiger partial charge in [0.05, 0.1) is 25.9 Å². The second-order valence-corrected chi connectivity index (χ2v) is 9.75. The fourth-order valence-corrected chi connectivity index (χ4v) is 4.60. The third-order valence-electron chi connectivity index (χ3n) is 6.51. The number of fused-ring (bicyclic) bond motifs is 2. The van der Waals surface area contributed by atoms with Crippen molar-refractivity contribution < 1.29 is 18.9 Å². The fourth-order valence-electron chi connectivity index (χ4n) is 4.38. The summed E-state index contributed by atoms with van der Waals surface area (Å²) in [4.78, 5) is 25.2. The van der Waals surface area contributed by atoms with Gasteiger partial charge in [-0.05, 0) is 25.7 Å². The molecule has 1 saturated carbocycles. The SMILES string of the molecule is CC[C@@H]1OCC(n2cnc3c(Cl)nc(N)nc32)O1.CC[C@@H]1OCC(n2cnc3c(NC4CC4)nc(N)nc32)O1. The number of nitrogens with two attached hydrogens (primary N) is 2. The lowest BCUT2D eigenvalue weighted by atomic mass is 10.4. The number of rotatable bonds is 6. The van der Waals surface area contributed by atoms with Gasteiger partial charge in [0.25, 0.3) is 0 Å². The van der Waals surface area contributed by atoms with Crippen LogP contribution in [0.5, 0.6) is 0 Å². The Morgan fingerprint density at radius 3 is 1.92 bits per heavy atom. The number of nitrogens with zero attached hydrogens (tertiary/aromatic N) is 8. The summed E-state index contributed by atoms with van der Waals surface area (Å²) >= 11 is 5.96. The van der Waals surface area contributed by atoms with Crippen LogP contribution in [0.1, 0.15) is 52.0 Å². The average Bonchev–Trinajstić information content (AvgIpc) is 3.36. The van der Waals surface area contributed by atoms with Gasteiger partial charge in [-0.2, -0.15) is 19.9 Å². The largest absolute Gasteiger partial charge is 0.368 e. The van der Waals surface area contributed by atoms with E-state index in [2.05, 4.69) is 35.2 Å². The molecule has 0 aromatic carbocycles. The van der Waals surface area contributed by atoms with Crippen molar-refractivity contribution in [3.63, 3.8) is 0 Å². The first kappa shape index (κ1) is 25.9. The Morgan fingerprint density at radius 1 is 0.846 bits per heavy atom. The predicted octanol–water partition coefficient (Wildman–Crippen LogP) is 2.61. The van der Waals surface area contributed by atoms with Crippen LogP contribution in [-0.4, -0.2) is 70.9 Å². The number of aromatic nitrogens is 8. The standard InChI is InChI=1S/C13H18N6O2.C10H12ClN5O2/c1-2-9-20-5-8(21-9)19-6-15-10-11(16-7-3-4-7)17-13(14)18-12(10)19;1-2-6-17-3-5(18-6)16-4-13-7-8(11)14-10(12)15-9(7)16/h6-9H,2-5H2,1H3,(H3,14,16,17,18);4-6H,2-3H2,1H3,(H2,12,14,15)/t8?,9-;5?,6-/m11/s1. The molecule has 0 bridgehead atoms. The van der Waals surface area contributed by atoms with E-state index >= 15 is 0 Å². The van der Waals surface area contributed by atoms with Gasteiger partial charge in [-0.3, -0.25) is 9.13 Å². The van der Waals surface area contributed by atoms with Crippen LogP contribution in [0.2, 0.25) is 5.15 Å². The average molecular weight is 560 g/mol. The first-order chi connectivity index (χ1) is 18.9. The summed E-state index contributed by atoms with van der Waals surface area (Å²) in [5.41, 5.74) is 13.9. The van der Waals surface area contributed by atoms with Gasteiger partial charge in [-0.25, -0.2) is 9.97 Å². The number of nitrogen functional groups attached to an aromatic ring is 2. The van der Waals surface area contributed by atoms with Gasteiger partial charge < -0.3 is 35.7 Å². The molecule has 7 rings (SSSR count). The number of ether oxygens (including phenoxy) is 4. The van der Waals surface area contributed by atoms with E-state index in [0.717, 1.165) is 31.2 Å². The van der Waals surface area contributed by atoms with Gasteiger partial charge in [0.15, 0.2) is 52.8 Å². The number of halogens is 1. The molecule has 6 heterocycles. The van der Waals surface area contributed by atoms with Crippen molar-refractivity contribution in [2.75, 3.05) is 30.0 Å². The quantitative estimate of drug-likeness (QED) is 0.292. The normalized spacial score (nSPS) is 24.8. The van der Waals surface area contributed by atoms with E-state index in [0.29, 0.717) is 41.9 Å². The van der Waals surface area contributed by atoms with Crippen molar-refractivity contribution in [1.29, 1.82) is 0 Å². The van der Waals surface area contributed by atoms with Crippen LogP contribution in [0.4, 0.5) is 17.7 Å². The number of imidazole rings is 2. The first-order valence-corrected chi connectivity index (χ1v) is 13.3. The molecule has 4 atom stereocenters. The highest BCUT2D eigenvalue weighted by Gasteiger charge is 2.30. The van der Waals surface area contributed by atoms with Crippen LogP contribution < -0.4 is 16.8 Å². The van der Waals surface area contributed by atoms with Gasteiger partial charge in [0.1, 0.15) is 5.52 Å². The molecule has 2 unspecified atom stereocenters. The Morgan fingerprint density at radius 2 is 1.38 bits per heavy atom. The smallest absolute Gasteiger partial charge is 0.224 e.